The number of hydrogen-bond acceptors (Lipinski definition) is 2. The van der Waals surface area contributed by atoms with Gasteiger partial charge in [-0.3, -0.25) is 0 Å². The molecule has 0 atom stereocenters. The molecule has 0 aromatic carbocycles. The minimum atomic E-state index is -0.283. The van der Waals surface area contributed by atoms with Crippen LogP contribution in [0.5, 0.6) is 0 Å². The third kappa shape index (κ3) is 6.38. The second kappa shape index (κ2) is 4.06. The van der Waals surface area contributed by atoms with Gasteiger partial charge in [0.05, 0.1) is 5.60 Å². The average molecular weight is 172 g/mol. The van der Waals surface area contributed by atoms with Crippen LogP contribution >= 0.6 is 0 Å². The van der Waals surface area contributed by atoms with Crippen LogP contribution < -0.4 is 0 Å². The lowest BCUT2D eigenvalue weighted by Crippen LogP contribution is -2.30. The fourth-order valence-electron chi connectivity index (χ4n) is 0.619. The maximum Gasteiger partial charge on any atom is 0.101 e. The molecule has 0 saturated carbocycles. The fraction of sp³-hybridized carbons (Fsp3) is 0.800. The summed E-state index contributed by atoms with van der Waals surface area (Å²) in [5, 5.41) is 0. The van der Waals surface area contributed by atoms with Crippen molar-refractivity contribution in [1.82, 2.24) is 0 Å². The van der Waals surface area contributed by atoms with Crippen LogP contribution in [0.2, 0.25) is 0 Å². The van der Waals surface area contributed by atoms with Gasteiger partial charge in [-0.05, 0) is 41.0 Å². The average Bonchev–Trinajstić information content (AvgIpc) is 1.83. The molecule has 0 aliphatic heterocycles. The molecule has 0 aromatic heterocycles. The van der Waals surface area contributed by atoms with Crippen LogP contribution in [-0.4, -0.2) is 11.2 Å². The Labute approximate surface area is 75.5 Å². The highest BCUT2D eigenvalue weighted by molar-refractivity contribution is 4.79. The van der Waals surface area contributed by atoms with Gasteiger partial charge in [-0.15, -0.1) is 6.58 Å². The molecule has 0 heterocycles. The van der Waals surface area contributed by atoms with Crippen molar-refractivity contribution in [3.8, 4) is 0 Å². The van der Waals surface area contributed by atoms with Crippen LogP contribution in [-0.2, 0) is 9.78 Å². The van der Waals surface area contributed by atoms with E-state index in [9.17, 15) is 0 Å². The van der Waals surface area contributed by atoms with E-state index in [1.165, 1.54) is 0 Å². The van der Waals surface area contributed by atoms with Crippen LogP contribution in [0.3, 0.4) is 0 Å². The summed E-state index contributed by atoms with van der Waals surface area (Å²) >= 11 is 0. The zero-order valence-electron chi connectivity index (χ0n) is 8.81. The van der Waals surface area contributed by atoms with E-state index in [0.29, 0.717) is 0 Å². The summed E-state index contributed by atoms with van der Waals surface area (Å²) in [7, 11) is 0. The lowest BCUT2D eigenvalue weighted by Gasteiger charge is -2.27. The van der Waals surface area contributed by atoms with Crippen molar-refractivity contribution in [2.24, 2.45) is 0 Å². The molecule has 0 saturated heterocycles. The third-order valence-corrected chi connectivity index (χ3v) is 1.15. The van der Waals surface area contributed by atoms with Crippen molar-refractivity contribution in [1.29, 1.82) is 0 Å². The second-order valence-electron chi connectivity index (χ2n) is 4.53. The summed E-state index contributed by atoms with van der Waals surface area (Å²) in [5.74, 6) is 0. The maximum absolute atomic E-state index is 5.26. The van der Waals surface area contributed by atoms with Crippen molar-refractivity contribution in [3.63, 3.8) is 0 Å². The summed E-state index contributed by atoms with van der Waals surface area (Å²) in [6.07, 6.45) is 2.61. The van der Waals surface area contributed by atoms with E-state index in [-0.39, 0.29) is 11.2 Å². The molecule has 0 bridgehead atoms. The summed E-state index contributed by atoms with van der Waals surface area (Å²) in [4.78, 5) is 10.5. The molecule has 0 aliphatic rings. The molecule has 0 spiro atoms. The quantitative estimate of drug-likeness (QED) is 0.368. The summed E-state index contributed by atoms with van der Waals surface area (Å²) in [6, 6.07) is 0. The first-order valence-corrected chi connectivity index (χ1v) is 4.24. The van der Waals surface area contributed by atoms with E-state index in [4.69, 9.17) is 9.78 Å². The molecule has 12 heavy (non-hydrogen) atoms. The van der Waals surface area contributed by atoms with Crippen LogP contribution in [0.4, 0.5) is 0 Å². The van der Waals surface area contributed by atoms with Gasteiger partial charge in [0.15, 0.2) is 0 Å². The monoisotopic (exact) mass is 172 g/mol. The molecule has 72 valence electrons. The van der Waals surface area contributed by atoms with E-state index in [2.05, 4.69) is 6.58 Å². The second-order valence-corrected chi connectivity index (χ2v) is 4.53. The third-order valence-electron chi connectivity index (χ3n) is 1.15. The van der Waals surface area contributed by atoms with Gasteiger partial charge in [0, 0.05) is 0 Å². The highest BCUT2D eigenvalue weighted by atomic mass is 17.2. The number of hydrogen-bond donors (Lipinski definition) is 0. The minimum absolute atomic E-state index is 0.252. The van der Waals surface area contributed by atoms with Gasteiger partial charge >= 0.3 is 0 Å². The van der Waals surface area contributed by atoms with Crippen molar-refractivity contribution < 1.29 is 9.78 Å². The Kier molecular flexibility index (Phi) is 3.94. The van der Waals surface area contributed by atoms with E-state index in [1.807, 2.05) is 40.7 Å². The Morgan fingerprint density at radius 3 is 1.92 bits per heavy atom. The van der Waals surface area contributed by atoms with Crippen LogP contribution in [0.25, 0.3) is 0 Å². The van der Waals surface area contributed by atoms with E-state index in [0.717, 1.165) is 6.42 Å². The van der Waals surface area contributed by atoms with Gasteiger partial charge in [0.1, 0.15) is 5.60 Å². The maximum atomic E-state index is 5.26. The Hall–Kier alpha value is -0.340. The predicted molar refractivity (Wildman–Crippen MR) is 50.8 cm³/mol. The molecule has 2 heteroatoms. The van der Waals surface area contributed by atoms with E-state index in [1.54, 1.807) is 0 Å². The van der Waals surface area contributed by atoms with Gasteiger partial charge in [-0.2, -0.15) is 0 Å². The van der Waals surface area contributed by atoms with E-state index >= 15 is 0 Å². The Morgan fingerprint density at radius 1 is 1.08 bits per heavy atom. The van der Waals surface area contributed by atoms with Gasteiger partial charge in [0.2, 0.25) is 0 Å². The van der Waals surface area contributed by atoms with Crippen molar-refractivity contribution >= 4 is 0 Å². The first-order valence-electron chi connectivity index (χ1n) is 4.24. The van der Waals surface area contributed by atoms with Gasteiger partial charge in [0.25, 0.3) is 0 Å². The van der Waals surface area contributed by atoms with Gasteiger partial charge in [-0.25, -0.2) is 9.78 Å². The predicted octanol–water partition coefficient (Wildman–Crippen LogP) is 3.09. The summed E-state index contributed by atoms with van der Waals surface area (Å²) in [6.45, 7) is 13.5. The summed E-state index contributed by atoms with van der Waals surface area (Å²) in [5.41, 5.74) is -0.534. The smallest absolute Gasteiger partial charge is 0.101 e. The van der Waals surface area contributed by atoms with Crippen molar-refractivity contribution in [2.45, 2.75) is 52.2 Å². The molecule has 0 aromatic rings. The molecule has 0 unspecified atom stereocenters. The lowest BCUT2D eigenvalue weighted by atomic mass is 10.1. The topological polar surface area (TPSA) is 18.5 Å². The van der Waals surface area contributed by atoms with E-state index < -0.39 is 0 Å². The van der Waals surface area contributed by atoms with Crippen LogP contribution in [0.1, 0.15) is 41.0 Å². The molecule has 0 radical (unpaired) electrons. The molecule has 2 nitrogen and oxygen atoms in total. The first-order chi connectivity index (χ1) is 5.27. The standard InChI is InChI=1S/C10H20O2/c1-7-8-10(5,6)12-11-9(2,3)4/h7H,1,8H2,2-6H3. The molecule has 0 aliphatic carbocycles. The van der Waals surface area contributed by atoms with Crippen LogP contribution in [0.15, 0.2) is 12.7 Å². The fourth-order valence-corrected chi connectivity index (χ4v) is 0.619. The molecule has 0 fully saturated rings. The van der Waals surface area contributed by atoms with Crippen LogP contribution in [0, 0.1) is 0 Å². The normalized spacial score (nSPS) is 13.1. The Balaban J connectivity index is 3.83. The first kappa shape index (κ1) is 11.7. The molecular weight excluding hydrogens is 152 g/mol. The lowest BCUT2D eigenvalue weighted by molar-refractivity contribution is -0.396. The van der Waals surface area contributed by atoms with Crippen molar-refractivity contribution in [2.75, 3.05) is 0 Å². The molecule has 0 amide bonds. The van der Waals surface area contributed by atoms with Gasteiger partial charge in [-0.1, -0.05) is 6.08 Å². The Bertz CT molecular complexity index is 142. The zero-order valence-corrected chi connectivity index (χ0v) is 8.81. The number of rotatable bonds is 4. The largest absolute Gasteiger partial charge is 0.230 e. The van der Waals surface area contributed by atoms with Gasteiger partial charge < -0.3 is 0 Å². The Morgan fingerprint density at radius 2 is 1.58 bits per heavy atom. The highest BCUT2D eigenvalue weighted by Gasteiger charge is 2.22. The zero-order chi connectivity index (χ0) is 9.83. The minimum Gasteiger partial charge on any atom is -0.230 e. The van der Waals surface area contributed by atoms with Crippen molar-refractivity contribution in [3.05, 3.63) is 12.7 Å². The molecule has 0 rings (SSSR count). The summed E-state index contributed by atoms with van der Waals surface area (Å²) < 4.78 is 0. The molecule has 0 N–H and O–H groups in total. The highest BCUT2D eigenvalue weighted by Crippen LogP contribution is 2.19. The SMILES string of the molecule is C=CCC(C)(C)OOC(C)(C)C. The molecular formula is C10H20O2.